The third-order valence-corrected chi connectivity index (χ3v) is 1.72. The summed E-state index contributed by atoms with van der Waals surface area (Å²) in [5.74, 6) is 1.74. The molecule has 0 bridgehead atoms. The Kier molecular flexibility index (Phi) is 7.40. The fourth-order valence-corrected chi connectivity index (χ4v) is 1.11. The molecule has 0 spiro atoms. The molecule has 15 heavy (non-hydrogen) atoms. The molecular formula is C12H12Li2O. The van der Waals surface area contributed by atoms with Gasteiger partial charge in [0.15, 0.2) is 0 Å². The molecule has 0 saturated heterocycles. The molecule has 3 heteroatoms. The van der Waals surface area contributed by atoms with Gasteiger partial charge in [-0.25, -0.2) is 0 Å². The summed E-state index contributed by atoms with van der Waals surface area (Å²) in [5, 5.41) is 0. The van der Waals surface area contributed by atoms with Gasteiger partial charge in [0.25, 0.3) is 0 Å². The largest absolute Gasteiger partial charge is 0.457 e. The van der Waals surface area contributed by atoms with Crippen LogP contribution in [0.5, 0.6) is 11.5 Å². The second kappa shape index (κ2) is 7.69. The maximum Gasteiger partial charge on any atom is 0.127 e. The molecule has 0 amide bonds. The smallest absolute Gasteiger partial charge is 0.127 e. The minimum absolute atomic E-state index is 0. The number of benzene rings is 2. The topological polar surface area (TPSA) is 9.23 Å². The van der Waals surface area contributed by atoms with E-state index in [2.05, 4.69) is 0 Å². The normalized spacial score (nSPS) is 8.27. The van der Waals surface area contributed by atoms with E-state index >= 15 is 0 Å². The van der Waals surface area contributed by atoms with Crippen molar-refractivity contribution < 1.29 is 4.74 Å². The average molecular weight is 186 g/mol. The number of rotatable bonds is 2. The maximum atomic E-state index is 5.58. The van der Waals surface area contributed by atoms with Gasteiger partial charge in [-0.1, -0.05) is 36.4 Å². The summed E-state index contributed by atoms with van der Waals surface area (Å²) in [6, 6.07) is 19.5. The Morgan fingerprint density at radius 1 is 0.533 bits per heavy atom. The Morgan fingerprint density at radius 2 is 0.867 bits per heavy atom. The molecule has 0 aliphatic rings. The third kappa shape index (κ3) is 4.65. The van der Waals surface area contributed by atoms with Crippen molar-refractivity contribution in [2.24, 2.45) is 0 Å². The summed E-state index contributed by atoms with van der Waals surface area (Å²) < 4.78 is 5.58. The molecule has 2 aromatic carbocycles. The van der Waals surface area contributed by atoms with Crippen LogP contribution < -0.4 is 4.74 Å². The quantitative estimate of drug-likeness (QED) is 0.653. The van der Waals surface area contributed by atoms with Crippen molar-refractivity contribution >= 4 is 37.7 Å². The van der Waals surface area contributed by atoms with Gasteiger partial charge in [0.05, 0.1) is 0 Å². The molecule has 0 N–H and O–H groups in total. The molecule has 1 nitrogen and oxygen atoms in total. The van der Waals surface area contributed by atoms with Gasteiger partial charge < -0.3 is 4.74 Å². The van der Waals surface area contributed by atoms with Crippen LogP contribution in [0.3, 0.4) is 0 Å². The van der Waals surface area contributed by atoms with Crippen molar-refractivity contribution in [3.05, 3.63) is 60.7 Å². The van der Waals surface area contributed by atoms with Gasteiger partial charge in [-0.3, -0.25) is 0 Å². The minimum Gasteiger partial charge on any atom is -0.457 e. The number of ether oxygens (including phenoxy) is 1. The molecule has 0 aliphatic heterocycles. The first-order chi connectivity index (χ1) is 6.45. The van der Waals surface area contributed by atoms with E-state index in [1.54, 1.807) is 0 Å². The van der Waals surface area contributed by atoms with Crippen LogP contribution in [0, 0.1) is 0 Å². The van der Waals surface area contributed by atoms with Crippen LogP contribution in [0.1, 0.15) is 0 Å². The van der Waals surface area contributed by atoms with Crippen molar-refractivity contribution in [1.29, 1.82) is 0 Å². The molecule has 0 fully saturated rings. The standard InChI is InChI=1S/C12H10O.2Li.2H/c1-3-7-11(8-4-1)13-12-9-5-2-6-10-12;;;;/h1-10H;;;;. The zero-order valence-corrected chi connectivity index (χ0v) is 7.18. The minimum atomic E-state index is 0. The Hall–Kier alpha value is -0.565. The Bertz CT molecular complexity index is 324. The van der Waals surface area contributed by atoms with Crippen molar-refractivity contribution in [3.63, 3.8) is 0 Å². The molecule has 0 heterocycles. The fourth-order valence-electron chi connectivity index (χ4n) is 1.11. The van der Waals surface area contributed by atoms with Crippen LogP contribution in [-0.4, -0.2) is 37.7 Å². The summed E-state index contributed by atoms with van der Waals surface area (Å²) in [6.45, 7) is 0. The maximum absolute atomic E-state index is 5.58. The van der Waals surface area contributed by atoms with Crippen LogP contribution in [-0.2, 0) is 0 Å². The van der Waals surface area contributed by atoms with E-state index in [1.165, 1.54) is 0 Å². The first-order valence-electron chi connectivity index (χ1n) is 4.23. The summed E-state index contributed by atoms with van der Waals surface area (Å²) in [7, 11) is 0. The van der Waals surface area contributed by atoms with Crippen LogP contribution in [0.2, 0.25) is 0 Å². The summed E-state index contributed by atoms with van der Waals surface area (Å²) in [4.78, 5) is 0. The number of hydrogen-bond donors (Lipinski definition) is 0. The van der Waals surface area contributed by atoms with E-state index < -0.39 is 0 Å². The molecule has 0 radical (unpaired) electrons. The molecular weight excluding hydrogens is 174 g/mol. The summed E-state index contributed by atoms with van der Waals surface area (Å²) >= 11 is 0. The number of para-hydroxylation sites is 2. The molecule has 0 atom stereocenters. The van der Waals surface area contributed by atoms with Gasteiger partial charge in [0, 0.05) is 0 Å². The molecule has 2 rings (SSSR count). The Morgan fingerprint density at radius 3 is 1.20 bits per heavy atom. The zero-order chi connectivity index (χ0) is 8.93. The van der Waals surface area contributed by atoms with E-state index in [4.69, 9.17) is 4.74 Å². The van der Waals surface area contributed by atoms with E-state index in [0.717, 1.165) is 11.5 Å². The van der Waals surface area contributed by atoms with Crippen LogP contribution in [0.4, 0.5) is 0 Å². The monoisotopic (exact) mass is 186 g/mol. The molecule has 0 aliphatic carbocycles. The first-order valence-corrected chi connectivity index (χ1v) is 4.23. The molecule has 68 valence electrons. The van der Waals surface area contributed by atoms with Crippen molar-refractivity contribution in [2.75, 3.05) is 0 Å². The van der Waals surface area contributed by atoms with Crippen LogP contribution in [0.25, 0.3) is 0 Å². The van der Waals surface area contributed by atoms with Gasteiger partial charge >= 0.3 is 37.7 Å². The van der Waals surface area contributed by atoms with E-state index in [0.29, 0.717) is 0 Å². The molecule has 2 aromatic rings. The Balaban J connectivity index is 0.000000980. The Labute approximate surface area is 114 Å². The van der Waals surface area contributed by atoms with Crippen molar-refractivity contribution in [2.45, 2.75) is 0 Å². The van der Waals surface area contributed by atoms with Crippen molar-refractivity contribution in [1.82, 2.24) is 0 Å². The predicted octanol–water partition coefficient (Wildman–Crippen LogP) is 2.18. The molecule has 0 aromatic heterocycles. The summed E-state index contributed by atoms with van der Waals surface area (Å²) in [5.41, 5.74) is 0. The van der Waals surface area contributed by atoms with Crippen molar-refractivity contribution in [3.8, 4) is 11.5 Å². The van der Waals surface area contributed by atoms with Gasteiger partial charge in [-0.2, -0.15) is 0 Å². The number of hydrogen-bond acceptors (Lipinski definition) is 1. The fraction of sp³-hybridized carbons (Fsp3) is 0. The SMILES string of the molecule is [LiH].[LiH].c1ccc(Oc2ccccc2)cc1. The average Bonchev–Trinajstić information content (AvgIpc) is 2.21. The third-order valence-electron chi connectivity index (χ3n) is 1.72. The molecule has 0 unspecified atom stereocenters. The van der Waals surface area contributed by atoms with Crippen LogP contribution in [0.15, 0.2) is 60.7 Å². The van der Waals surface area contributed by atoms with E-state index in [-0.39, 0.29) is 37.7 Å². The summed E-state index contributed by atoms with van der Waals surface area (Å²) in [6.07, 6.45) is 0. The van der Waals surface area contributed by atoms with E-state index in [1.807, 2.05) is 60.7 Å². The van der Waals surface area contributed by atoms with Gasteiger partial charge in [0.1, 0.15) is 11.5 Å². The first kappa shape index (κ1) is 14.4. The van der Waals surface area contributed by atoms with Gasteiger partial charge in [-0.05, 0) is 24.3 Å². The second-order valence-corrected chi connectivity index (χ2v) is 2.73. The van der Waals surface area contributed by atoms with E-state index in [9.17, 15) is 0 Å². The predicted molar refractivity (Wildman–Crippen MR) is 67.3 cm³/mol. The van der Waals surface area contributed by atoms with Crippen LogP contribution >= 0.6 is 0 Å². The van der Waals surface area contributed by atoms with Gasteiger partial charge in [-0.15, -0.1) is 0 Å². The zero-order valence-electron chi connectivity index (χ0n) is 7.18. The van der Waals surface area contributed by atoms with Gasteiger partial charge in [0.2, 0.25) is 0 Å². The second-order valence-electron chi connectivity index (χ2n) is 2.73. The molecule has 0 saturated carbocycles.